The Bertz CT molecular complexity index is 518. The van der Waals surface area contributed by atoms with Crippen LogP contribution in [0.1, 0.15) is 19.4 Å². The first-order valence-corrected chi connectivity index (χ1v) is 5.46. The van der Waals surface area contributed by atoms with E-state index in [1.165, 1.54) is 7.11 Å². The van der Waals surface area contributed by atoms with E-state index in [2.05, 4.69) is 9.98 Å². The van der Waals surface area contributed by atoms with Crippen molar-refractivity contribution in [3.8, 4) is 6.07 Å². The van der Waals surface area contributed by atoms with Gasteiger partial charge in [-0.05, 0) is 19.4 Å². The number of allylic oxidation sites excluding steroid dienone is 1. The lowest BCUT2D eigenvalue weighted by molar-refractivity contribution is 0.285. The van der Waals surface area contributed by atoms with Crippen LogP contribution < -0.4 is 0 Å². The van der Waals surface area contributed by atoms with Crippen LogP contribution in [0, 0.1) is 11.3 Å². The molecule has 0 saturated carbocycles. The number of nitrogens with zero attached hydrogens (tertiary/aromatic N) is 3. The van der Waals surface area contributed by atoms with Gasteiger partial charge in [-0.1, -0.05) is 30.3 Å². The first-order chi connectivity index (χ1) is 8.67. The summed E-state index contributed by atoms with van der Waals surface area (Å²) >= 11 is 0. The number of benzene rings is 1. The van der Waals surface area contributed by atoms with Gasteiger partial charge in [0.15, 0.2) is 0 Å². The highest BCUT2D eigenvalue weighted by Crippen LogP contribution is 2.09. The molecule has 1 aromatic carbocycles. The van der Waals surface area contributed by atoms with Crippen molar-refractivity contribution in [2.24, 2.45) is 9.98 Å². The molecule has 0 fully saturated rings. The molecule has 0 amide bonds. The number of ether oxygens (including phenoxy) is 1. The number of hydrogen-bond donors (Lipinski definition) is 0. The standard InChI is InChI=1S/C14H15N3O/c1-11(2)17-14(18-3)13(9-15)16-10-12-7-5-4-6-8-12/h4-8,10H,1-3H3/b14-13+,16-10?. The lowest BCUT2D eigenvalue weighted by Crippen LogP contribution is -1.93. The lowest BCUT2D eigenvalue weighted by Gasteiger charge is -2.01. The van der Waals surface area contributed by atoms with Gasteiger partial charge < -0.3 is 4.74 Å². The third-order valence-corrected chi connectivity index (χ3v) is 1.97. The van der Waals surface area contributed by atoms with E-state index < -0.39 is 0 Å². The largest absolute Gasteiger partial charge is 0.479 e. The molecule has 0 saturated heterocycles. The molecule has 0 spiro atoms. The molecule has 4 heteroatoms. The molecule has 0 atom stereocenters. The fourth-order valence-electron chi connectivity index (χ4n) is 1.21. The summed E-state index contributed by atoms with van der Waals surface area (Å²) in [5.41, 5.74) is 1.87. The van der Waals surface area contributed by atoms with Crippen molar-refractivity contribution in [1.82, 2.24) is 0 Å². The quantitative estimate of drug-likeness (QED) is 0.462. The summed E-state index contributed by atoms with van der Waals surface area (Å²) in [4.78, 5) is 8.21. The Morgan fingerprint density at radius 3 is 2.44 bits per heavy atom. The molecular formula is C14H15N3O. The Morgan fingerprint density at radius 2 is 1.94 bits per heavy atom. The SMILES string of the molecule is CO/C(N=C(C)C)=C(\C#N)N=Cc1ccccc1. The van der Waals surface area contributed by atoms with E-state index in [1.807, 2.05) is 50.2 Å². The second-order valence-electron chi connectivity index (χ2n) is 3.70. The van der Waals surface area contributed by atoms with Crippen LogP contribution in [-0.4, -0.2) is 19.0 Å². The summed E-state index contributed by atoms with van der Waals surface area (Å²) in [6.45, 7) is 3.66. The van der Waals surface area contributed by atoms with Crippen molar-refractivity contribution in [1.29, 1.82) is 5.26 Å². The molecule has 0 aliphatic heterocycles. The Hall–Kier alpha value is -2.41. The average molecular weight is 241 g/mol. The number of aliphatic imine (C=N–C) groups is 2. The average Bonchev–Trinajstić information content (AvgIpc) is 2.38. The van der Waals surface area contributed by atoms with Gasteiger partial charge in [-0.25, -0.2) is 9.98 Å². The van der Waals surface area contributed by atoms with Gasteiger partial charge >= 0.3 is 0 Å². The molecule has 0 N–H and O–H groups in total. The van der Waals surface area contributed by atoms with E-state index in [1.54, 1.807) is 6.21 Å². The molecule has 92 valence electrons. The van der Waals surface area contributed by atoms with Gasteiger partial charge in [0.05, 0.1) is 7.11 Å². The highest BCUT2D eigenvalue weighted by Gasteiger charge is 2.03. The topological polar surface area (TPSA) is 57.7 Å². The molecule has 0 bridgehead atoms. The molecule has 0 aromatic heterocycles. The van der Waals surface area contributed by atoms with Gasteiger partial charge in [0.25, 0.3) is 5.88 Å². The summed E-state index contributed by atoms with van der Waals surface area (Å²) in [5.74, 6) is 0.227. The van der Waals surface area contributed by atoms with Gasteiger partial charge in [0.2, 0.25) is 5.70 Å². The molecule has 1 aromatic rings. The highest BCUT2D eigenvalue weighted by atomic mass is 16.5. The van der Waals surface area contributed by atoms with Crippen molar-refractivity contribution in [3.05, 3.63) is 47.5 Å². The summed E-state index contributed by atoms with van der Waals surface area (Å²) in [7, 11) is 1.47. The number of rotatable bonds is 4. The number of hydrogen-bond acceptors (Lipinski definition) is 4. The molecular weight excluding hydrogens is 226 g/mol. The van der Waals surface area contributed by atoms with Gasteiger partial charge in [-0.3, -0.25) is 0 Å². The van der Waals surface area contributed by atoms with Crippen LogP contribution in [-0.2, 0) is 4.74 Å². The van der Waals surface area contributed by atoms with Crippen molar-refractivity contribution in [2.45, 2.75) is 13.8 Å². The van der Waals surface area contributed by atoms with Crippen molar-refractivity contribution >= 4 is 11.9 Å². The maximum atomic E-state index is 9.05. The first-order valence-electron chi connectivity index (χ1n) is 5.46. The van der Waals surface area contributed by atoms with Crippen LogP contribution in [0.3, 0.4) is 0 Å². The van der Waals surface area contributed by atoms with E-state index in [9.17, 15) is 0 Å². The van der Waals surface area contributed by atoms with Gasteiger partial charge in [0.1, 0.15) is 6.07 Å². The number of methoxy groups -OCH3 is 1. The van der Waals surface area contributed by atoms with Gasteiger partial charge in [-0.2, -0.15) is 5.26 Å². The zero-order valence-electron chi connectivity index (χ0n) is 10.7. The second-order valence-corrected chi connectivity index (χ2v) is 3.70. The van der Waals surface area contributed by atoms with Gasteiger partial charge in [-0.15, -0.1) is 0 Å². The van der Waals surface area contributed by atoms with Crippen molar-refractivity contribution in [3.63, 3.8) is 0 Å². The Labute approximate surface area is 107 Å². The zero-order chi connectivity index (χ0) is 13.4. The smallest absolute Gasteiger partial charge is 0.250 e. The second kappa shape index (κ2) is 7.02. The maximum Gasteiger partial charge on any atom is 0.250 e. The van der Waals surface area contributed by atoms with Crippen LogP contribution in [0.25, 0.3) is 0 Å². The minimum atomic E-state index is 0.155. The Balaban J connectivity index is 3.04. The first kappa shape index (κ1) is 13.7. The molecule has 0 unspecified atom stereocenters. The summed E-state index contributed by atoms with van der Waals surface area (Å²) in [5, 5.41) is 9.05. The molecule has 4 nitrogen and oxygen atoms in total. The molecule has 0 aliphatic carbocycles. The molecule has 0 heterocycles. The van der Waals surface area contributed by atoms with E-state index in [4.69, 9.17) is 10.00 Å². The fourth-order valence-corrected chi connectivity index (χ4v) is 1.21. The third-order valence-electron chi connectivity index (χ3n) is 1.97. The van der Waals surface area contributed by atoms with E-state index in [-0.39, 0.29) is 11.6 Å². The predicted molar refractivity (Wildman–Crippen MR) is 72.5 cm³/mol. The highest BCUT2D eigenvalue weighted by molar-refractivity contribution is 5.81. The molecule has 18 heavy (non-hydrogen) atoms. The fraction of sp³-hybridized carbons (Fsp3) is 0.214. The predicted octanol–water partition coefficient (Wildman–Crippen LogP) is 2.93. The van der Waals surface area contributed by atoms with Crippen molar-refractivity contribution in [2.75, 3.05) is 7.11 Å². The summed E-state index contributed by atoms with van der Waals surface area (Å²) in [6, 6.07) is 11.5. The molecule has 0 aliphatic rings. The third kappa shape index (κ3) is 4.22. The minimum Gasteiger partial charge on any atom is -0.479 e. The van der Waals surface area contributed by atoms with Crippen LogP contribution in [0.15, 0.2) is 51.9 Å². The lowest BCUT2D eigenvalue weighted by atomic mass is 10.2. The molecule has 0 radical (unpaired) electrons. The summed E-state index contributed by atoms with van der Waals surface area (Å²) in [6.07, 6.45) is 1.61. The van der Waals surface area contributed by atoms with E-state index in [0.717, 1.165) is 11.3 Å². The minimum absolute atomic E-state index is 0.155. The number of nitriles is 1. The molecule has 1 rings (SSSR count). The van der Waals surface area contributed by atoms with E-state index >= 15 is 0 Å². The van der Waals surface area contributed by atoms with Crippen LogP contribution in [0.5, 0.6) is 0 Å². The normalized spacial score (nSPS) is 11.7. The monoisotopic (exact) mass is 241 g/mol. The zero-order valence-corrected chi connectivity index (χ0v) is 10.7. The maximum absolute atomic E-state index is 9.05. The van der Waals surface area contributed by atoms with Crippen molar-refractivity contribution < 1.29 is 4.74 Å². The van der Waals surface area contributed by atoms with Gasteiger partial charge in [0, 0.05) is 11.9 Å². The Morgan fingerprint density at radius 1 is 1.28 bits per heavy atom. The van der Waals surface area contributed by atoms with E-state index in [0.29, 0.717) is 0 Å². The Kier molecular flexibility index (Phi) is 5.33. The van der Waals surface area contributed by atoms with Crippen LogP contribution >= 0.6 is 0 Å². The van der Waals surface area contributed by atoms with Crippen LogP contribution in [0.4, 0.5) is 0 Å². The van der Waals surface area contributed by atoms with Crippen LogP contribution in [0.2, 0.25) is 0 Å². The summed E-state index contributed by atoms with van der Waals surface area (Å²) < 4.78 is 5.06.